The Morgan fingerprint density at radius 2 is 1.95 bits per heavy atom. The topological polar surface area (TPSA) is 58.1 Å². The molecule has 0 saturated heterocycles. The second kappa shape index (κ2) is 6.13. The van der Waals surface area contributed by atoms with E-state index < -0.39 is 0 Å². The fourth-order valence-corrected chi connectivity index (χ4v) is 2.66. The van der Waals surface area contributed by atoms with E-state index in [1.165, 1.54) is 5.56 Å². The van der Waals surface area contributed by atoms with E-state index in [1.807, 2.05) is 19.9 Å². The summed E-state index contributed by atoms with van der Waals surface area (Å²) < 4.78 is 0. The Balaban J connectivity index is 1.84. The minimum atomic E-state index is -0.138. The third kappa shape index (κ3) is 2.93. The number of nitrogens with zero attached hydrogens (tertiary/aromatic N) is 3. The van der Waals surface area contributed by atoms with E-state index in [1.54, 1.807) is 12.4 Å². The highest BCUT2D eigenvalue weighted by Crippen LogP contribution is 2.30. The predicted molar refractivity (Wildman–Crippen MR) is 86.4 cm³/mol. The molecule has 2 heterocycles. The Morgan fingerprint density at radius 3 is 2.68 bits per heavy atom. The molecule has 2 aromatic rings. The van der Waals surface area contributed by atoms with Crippen LogP contribution in [0.1, 0.15) is 36.2 Å². The first-order chi connectivity index (χ1) is 10.6. The molecule has 0 spiro atoms. The summed E-state index contributed by atoms with van der Waals surface area (Å²) in [5.74, 6) is 0.508. The van der Waals surface area contributed by atoms with Gasteiger partial charge in [-0.05, 0) is 38.3 Å². The summed E-state index contributed by atoms with van der Waals surface area (Å²) in [5.41, 5.74) is 2.97. The van der Waals surface area contributed by atoms with Gasteiger partial charge in [0.15, 0.2) is 0 Å². The van der Waals surface area contributed by atoms with Crippen molar-refractivity contribution in [2.75, 3.05) is 11.4 Å². The zero-order chi connectivity index (χ0) is 15.5. The Kier molecular flexibility index (Phi) is 4.04. The van der Waals surface area contributed by atoms with Crippen molar-refractivity contribution in [3.8, 4) is 0 Å². The van der Waals surface area contributed by atoms with Gasteiger partial charge in [0.2, 0.25) is 5.95 Å². The maximum Gasteiger partial charge on any atom is 0.254 e. The minimum absolute atomic E-state index is 0.0983. The second-order valence-corrected chi connectivity index (χ2v) is 5.78. The van der Waals surface area contributed by atoms with E-state index >= 15 is 0 Å². The van der Waals surface area contributed by atoms with Gasteiger partial charge in [-0.1, -0.05) is 18.2 Å². The van der Waals surface area contributed by atoms with Crippen molar-refractivity contribution in [2.45, 2.75) is 32.7 Å². The minimum Gasteiger partial charge on any atom is -0.350 e. The van der Waals surface area contributed by atoms with Gasteiger partial charge in [-0.3, -0.25) is 4.79 Å². The lowest BCUT2D eigenvalue weighted by Gasteiger charge is -2.29. The molecule has 1 aliphatic rings. The molecular weight excluding hydrogens is 276 g/mol. The lowest BCUT2D eigenvalue weighted by Crippen LogP contribution is -2.30. The standard InChI is InChI=1S/C17H20N4O/c1-12(2)20-16(22)14-10-18-17(19-11-14)21-9-5-7-13-6-3-4-8-15(13)21/h3-4,6,8,10-12H,5,7,9H2,1-2H3,(H,20,22). The van der Waals surface area contributed by atoms with Crippen molar-refractivity contribution in [1.29, 1.82) is 0 Å². The summed E-state index contributed by atoms with van der Waals surface area (Å²) in [6.45, 7) is 4.75. The molecule has 1 aromatic heterocycles. The summed E-state index contributed by atoms with van der Waals surface area (Å²) in [6, 6.07) is 8.42. The first-order valence-electron chi connectivity index (χ1n) is 7.63. The summed E-state index contributed by atoms with van der Waals surface area (Å²) >= 11 is 0. The van der Waals surface area contributed by atoms with Gasteiger partial charge < -0.3 is 10.2 Å². The monoisotopic (exact) mass is 296 g/mol. The number of anilines is 2. The summed E-state index contributed by atoms with van der Waals surface area (Å²) in [5, 5.41) is 2.84. The van der Waals surface area contributed by atoms with Gasteiger partial charge in [0.1, 0.15) is 0 Å². The first-order valence-corrected chi connectivity index (χ1v) is 7.63. The van der Waals surface area contributed by atoms with Crippen LogP contribution in [0, 0.1) is 0 Å². The van der Waals surface area contributed by atoms with Crippen molar-refractivity contribution in [2.24, 2.45) is 0 Å². The van der Waals surface area contributed by atoms with E-state index in [-0.39, 0.29) is 11.9 Å². The van der Waals surface area contributed by atoms with Crippen LogP contribution in [0.5, 0.6) is 0 Å². The number of para-hydroxylation sites is 1. The number of benzene rings is 1. The molecule has 0 fully saturated rings. The normalized spacial score (nSPS) is 13.9. The number of amides is 1. The molecule has 3 rings (SSSR count). The number of aryl methyl sites for hydroxylation is 1. The van der Waals surface area contributed by atoms with Gasteiger partial charge >= 0.3 is 0 Å². The van der Waals surface area contributed by atoms with E-state index in [2.05, 4.69) is 38.4 Å². The molecule has 0 unspecified atom stereocenters. The largest absolute Gasteiger partial charge is 0.350 e. The van der Waals surface area contributed by atoms with Crippen LogP contribution in [-0.4, -0.2) is 28.5 Å². The van der Waals surface area contributed by atoms with Crippen LogP contribution in [0.4, 0.5) is 11.6 Å². The summed E-state index contributed by atoms with van der Waals surface area (Å²) in [6.07, 6.45) is 5.35. The molecule has 5 nitrogen and oxygen atoms in total. The van der Waals surface area contributed by atoms with E-state index in [0.717, 1.165) is 25.1 Å². The highest BCUT2D eigenvalue weighted by atomic mass is 16.1. The highest BCUT2D eigenvalue weighted by Gasteiger charge is 2.20. The highest BCUT2D eigenvalue weighted by molar-refractivity contribution is 5.93. The van der Waals surface area contributed by atoms with E-state index in [4.69, 9.17) is 0 Å². The zero-order valence-electron chi connectivity index (χ0n) is 12.9. The van der Waals surface area contributed by atoms with Crippen LogP contribution in [0.15, 0.2) is 36.7 Å². The molecule has 0 saturated carbocycles. The molecule has 0 aliphatic carbocycles. The van der Waals surface area contributed by atoms with Crippen LogP contribution in [0.25, 0.3) is 0 Å². The van der Waals surface area contributed by atoms with Crippen LogP contribution in [0.3, 0.4) is 0 Å². The van der Waals surface area contributed by atoms with Crippen molar-refractivity contribution in [1.82, 2.24) is 15.3 Å². The lowest BCUT2D eigenvalue weighted by molar-refractivity contribution is 0.0942. The SMILES string of the molecule is CC(C)NC(=O)c1cnc(N2CCCc3ccccc32)nc1. The van der Waals surface area contributed by atoms with Gasteiger partial charge in [0.25, 0.3) is 5.91 Å². The molecule has 114 valence electrons. The van der Waals surface area contributed by atoms with Gasteiger partial charge in [0, 0.05) is 30.7 Å². The third-order valence-electron chi connectivity index (χ3n) is 3.67. The Bertz CT molecular complexity index is 667. The van der Waals surface area contributed by atoms with Gasteiger partial charge in [-0.2, -0.15) is 0 Å². The fourth-order valence-electron chi connectivity index (χ4n) is 2.66. The van der Waals surface area contributed by atoms with Crippen LogP contribution in [-0.2, 0) is 6.42 Å². The van der Waals surface area contributed by atoms with Crippen molar-refractivity contribution >= 4 is 17.5 Å². The van der Waals surface area contributed by atoms with Crippen molar-refractivity contribution in [3.63, 3.8) is 0 Å². The molecule has 0 bridgehead atoms. The first kappa shape index (κ1) is 14.5. The van der Waals surface area contributed by atoms with Crippen molar-refractivity contribution in [3.05, 3.63) is 47.8 Å². The zero-order valence-corrected chi connectivity index (χ0v) is 12.9. The molecule has 22 heavy (non-hydrogen) atoms. The molecule has 0 atom stereocenters. The van der Waals surface area contributed by atoms with E-state index in [0.29, 0.717) is 11.5 Å². The number of hydrogen-bond acceptors (Lipinski definition) is 4. The summed E-state index contributed by atoms with van der Waals surface area (Å²) in [7, 11) is 0. The fraction of sp³-hybridized carbons (Fsp3) is 0.353. The Labute approximate surface area is 130 Å². The van der Waals surface area contributed by atoms with Crippen molar-refractivity contribution < 1.29 is 4.79 Å². The number of aromatic nitrogens is 2. The molecular formula is C17H20N4O. The van der Waals surface area contributed by atoms with Crippen LogP contribution < -0.4 is 10.2 Å². The number of hydrogen-bond donors (Lipinski definition) is 1. The number of nitrogens with one attached hydrogen (secondary N) is 1. The predicted octanol–water partition coefficient (Wildman–Crippen LogP) is 2.70. The number of rotatable bonds is 3. The van der Waals surface area contributed by atoms with Crippen LogP contribution in [0.2, 0.25) is 0 Å². The third-order valence-corrected chi connectivity index (χ3v) is 3.67. The molecule has 1 aromatic carbocycles. The number of carbonyl (C=O) groups excluding carboxylic acids is 1. The molecule has 1 amide bonds. The van der Waals surface area contributed by atoms with Gasteiger partial charge in [-0.15, -0.1) is 0 Å². The summed E-state index contributed by atoms with van der Waals surface area (Å²) in [4.78, 5) is 22.8. The maximum atomic E-state index is 11.9. The molecule has 1 N–H and O–H groups in total. The van der Waals surface area contributed by atoms with Crippen LogP contribution >= 0.6 is 0 Å². The maximum absolute atomic E-state index is 11.9. The smallest absolute Gasteiger partial charge is 0.254 e. The molecule has 1 aliphatic heterocycles. The average Bonchev–Trinajstić information content (AvgIpc) is 2.54. The number of fused-ring (bicyclic) bond motifs is 1. The second-order valence-electron chi connectivity index (χ2n) is 5.78. The lowest BCUT2D eigenvalue weighted by atomic mass is 10.0. The van der Waals surface area contributed by atoms with Gasteiger partial charge in [0.05, 0.1) is 5.56 Å². The van der Waals surface area contributed by atoms with Gasteiger partial charge in [-0.25, -0.2) is 9.97 Å². The Morgan fingerprint density at radius 1 is 1.23 bits per heavy atom. The number of carbonyl (C=O) groups is 1. The Hall–Kier alpha value is -2.43. The molecule has 0 radical (unpaired) electrons. The quantitative estimate of drug-likeness (QED) is 0.946. The average molecular weight is 296 g/mol. The molecule has 5 heteroatoms. The van der Waals surface area contributed by atoms with E-state index in [9.17, 15) is 4.79 Å².